The van der Waals surface area contributed by atoms with Gasteiger partial charge in [0.15, 0.2) is 11.9 Å². The maximum absolute atomic E-state index is 12.0. The molecule has 0 fully saturated rings. The van der Waals surface area contributed by atoms with Gasteiger partial charge in [0.1, 0.15) is 6.61 Å². The molecule has 0 unspecified atom stereocenters. The summed E-state index contributed by atoms with van der Waals surface area (Å²) in [6.45, 7) is 4.21. The number of ketones is 1. The largest absolute Gasteiger partial charge is 0.458 e. The highest BCUT2D eigenvalue weighted by atomic mass is 16.5. The first kappa shape index (κ1) is 13.5. The number of aliphatic hydroxyl groups excluding tert-OH is 1. The fraction of sp³-hybridized carbons (Fsp3) is 0.462. The Kier molecular flexibility index (Phi) is 3.53. The second kappa shape index (κ2) is 4.97. The first-order valence-electron chi connectivity index (χ1n) is 6.24. The summed E-state index contributed by atoms with van der Waals surface area (Å²) in [5.74, 6) is -0.927. The number of fused-ring (bicyclic) bond motifs is 2. The molecule has 0 aromatic carbocycles. The van der Waals surface area contributed by atoms with Crippen molar-refractivity contribution >= 4 is 11.8 Å². The van der Waals surface area contributed by atoms with Gasteiger partial charge in [-0.25, -0.2) is 4.79 Å². The van der Waals surface area contributed by atoms with Crippen molar-refractivity contribution < 1.29 is 19.4 Å². The molecule has 1 N–H and O–H groups in total. The lowest BCUT2D eigenvalue weighted by Crippen LogP contribution is -2.33. The molecule has 3 heterocycles. The summed E-state index contributed by atoms with van der Waals surface area (Å²) in [4.78, 5) is 34.7. The van der Waals surface area contributed by atoms with E-state index in [1.165, 1.54) is 10.6 Å². The Morgan fingerprint density at radius 3 is 2.68 bits per heavy atom. The van der Waals surface area contributed by atoms with E-state index < -0.39 is 12.1 Å². The minimum atomic E-state index is -1.47. The number of esters is 1. The molecule has 1 atom stereocenters. The van der Waals surface area contributed by atoms with Crippen LogP contribution in [-0.4, -0.2) is 21.4 Å². The third kappa shape index (κ3) is 1.98. The van der Waals surface area contributed by atoms with Crippen LogP contribution in [0.5, 0.6) is 0 Å². The maximum atomic E-state index is 12.0. The number of nitrogens with zero attached hydrogens (tertiary/aromatic N) is 1. The SMILES string of the molecule is CC.O=C1CCn2c1cc1c(c2=O)COC(=O)[C@H]1O. The van der Waals surface area contributed by atoms with Gasteiger partial charge in [-0.05, 0) is 6.07 Å². The van der Waals surface area contributed by atoms with Crippen molar-refractivity contribution in [1.29, 1.82) is 0 Å². The number of hydrogen-bond donors (Lipinski definition) is 1. The Hall–Kier alpha value is -1.95. The van der Waals surface area contributed by atoms with E-state index in [1.807, 2.05) is 13.8 Å². The number of rotatable bonds is 0. The molecule has 102 valence electrons. The van der Waals surface area contributed by atoms with E-state index in [0.29, 0.717) is 6.54 Å². The third-order valence-electron chi connectivity index (χ3n) is 3.16. The van der Waals surface area contributed by atoms with Crippen molar-refractivity contribution in [3.05, 3.63) is 33.2 Å². The van der Waals surface area contributed by atoms with Gasteiger partial charge >= 0.3 is 5.97 Å². The Bertz CT molecular complexity index is 602. The van der Waals surface area contributed by atoms with Gasteiger partial charge in [-0.15, -0.1) is 0 Å². The summed E-state index contributed by atoms with van der Waals surface area (Å²) in [7, 11) is 0. The van der Waals surface area contributed by atoms with Crippen molar-refractivity contribution in [2.45, 2.75) is 39.5 Å². The molecule has 2 aliphatic heterocycles. The van der Waals surface area contributed by atoms with Gasteiger partial charge < -0.3 is 14.4 Å². The molecular formula is C13H15NO5. The van der Waals surface area contributed by atoms with Gasteiger partial charge in [0.05, 0.1) is 11.3 Å². The predicted octanol–water partition coefficient (Wildman–Crippen LogP) is 0.551. The summed E-state index contributed by atoms with van der Waals surface area (Å²) in [6.07, 6.45) is -1.19. The molecule has 0 amide bonds. The van der Waals surface area contributed by atoms with Gasteiger partial charge in [0.25, 0.3) is 5.56 Å². The van der Waals surface area contributed by atoms with E-state index in [4.69, 9.17) is 4.74 Å². The molecule has 3 rings (SSSR count). The van der Waals surface area contributed by atoms with Crippen LogP contribution in [0.1, 0.15) is 48.0 Å². The molecule has 0 aliphatic carbocycles. The van der Waals surface area contributed by atoms with E-state index >= 15 is 0 Å². The van der Waals surface area contributed by atoms with E-state index in [9.17, 15) is 19.5 Å². The molecule has 2 aliphatic rings. The average molecular weight is 265 g/mol. The fourth-order valence-corrected chi connectivity index (χ4v) is 2.24. The zero-order chi connectivity index (χ0) is 14.2. The van der Waals surface area contributed by atoms with Gasteiger partial charge in [-0.2, -0.15) is 0 Å². The Morgan fingerprint density at radius 1 is 1.32 bits per heavy atom. The van der Waals surface area contributed by atoms with Crippen LogP contribution in [-0.2, 0) is 22.7 Å². The van der Waals surface area contributed by atoms with E-state index in [-0.39, 0.29) is 41.2 Å². The quantitative estimate of drug-likeness (QED) is 0.692. The first-order valence-corrected chi connectivity index (χ1v) is 6.24. The normalized spacial score (nSPS) is 20.1. The number of cyclic esters (lactones) is 1. The fourth-order valence-electron chi connectivity index (χ4n) is 2.24. The van der Waals surface area contributed by atoms with Crippen LogP contribution >= 0.6 is 0 Å². The van der Waals surface area contributed by atoms with Crippen molar-refractivity contribution in [2.75, 3.05) is 0 Å². The van der Waals surface area contributed by atoms with Crippen LogP contribution < -0.4 is 5.56 Å². The predicted molar refractivity (Wildman–Crippen MR) is 65.8 cm³/mol. The summed E-state index contributed by atoms with van der Waals surface area (Å²) in [6, 6.07) is 1.43. The third-order valence-corrected chi connectivity index (χ3v) is 3.16. The van der Waals surface area contributed by atoms with Crippen molar-refractivity contribution in [3.63, 3.8) is 0 Å². The van der Waals surface area contributed by atoms with Crippen molar-refractivity contribution in [1.82, 2.24) is 4.57 Å². The summed E-state index contributed by atoms with van der Waals surface area (Å²) in [5, 5.41) is 9.64. The maximum Gasteiger partial charge on any atom is 0.340 e. The van der Waals surface area contributed by atoms with Gasteiger partial charge in [-0.1, -0.05) is 13.8 Å². The number of aliphatic hydroxyl groups is 1. The van der Waals surface area contributed by atoms with Crippen LogP contribution in [0.25, 0.3) is 0 Å². The molecule has 0 saturated heterocycles. The molecule has 1 aromatic rings. The van der Waals surface area contributed by atoms with E-state index in [2.05, 4.69) is 0 Å². The zero-order valence-corrected chi connectivity index (χ0v) is 10.8. The van der Waals surface area contributed by atoms with Crippen LogP contribution in [0.15, 0.2) is 10.9 Å². The highest BCUT2D eigenvalue weighted by Crippen LogP contribution is 2.26. The molecule has 0 radical (unpaired) electrons. The van der Waals surface area contributed by atoms with Crippen LogP contribution in [0.4, 0.5) is 0 Å². The number of carbonyl (C=O) groups is 2. The molecular weight excluding hydrogens is 250 g/mol. The highest BCUT2D eigenvalue weighted by Gasteiger charge is 2.33. The number of carbonyl (C=O) groups excluding carboxylic acids is 2. The Morgan fingerprint density at radius 2 is 2.00 bits per heavy atom. The lowest BCUT2D eigenvalue weighted by Gasteiger charge is -2.21. The number of hydrogen-bond acceptors (Lipinski definition) is 5. The zero-order valence-electron chi connectivity index (χ0n) is 10.8. The molecule has 0 saturated carbocycles. The van der Waals surface area contributed by atoms with Crippen LogP contribution in [0.3, 0.4) is 0 Å². The number of pyridine rings is 1. The lowest BCUT2D eigenvalue weighted by molar-refractivity contribution is -0.157. The molecule has 6 nitrogen and oxygen atoms in total. The second-order valence-corrected chi connectivity index (χ2v) is 4.10. The highest BCUT2D eigenvalue weighted by molar-refractivity contribution is 5.96. The summed E-state index contributed by atoms with van der Waals surface area (Å²) < 4.78 is 6.06. The average Bonchev–Trinajstić information content (AvgIpc) is 2.79. The topological polar surface area (TPSA) is 85.6 Å². The molecule has 6 heteroatoms. The van der Waals surface area contributed by atoms with Gasteiger partial charge in [-0.3, -0.25) is 9.59 Å². The number of Topliss-reactive ketones (excluding diaryl/α,β-unsaturated/α-hetero) is 1. The first-order chi connectivity index (χ1) is 9.09. The number of ether oxygens (including phenoxy) is 1. The molecule has 1 aromatic heterocycles. The van der Waals surface area contributed by atoms with E-state index in [0.717, 1.165) is 0 Å². The summed E-state index contributed by atoms with van der Waals surface area (Å²) in [5.41, 5.74) is 0.376. The molecule has 19 heavy (non-hydrogen) atoms. The minimum absolute atomic E-state index is 0.140. The lowest BCUT2D eigenvalue weighted by atomic mass is 10.0. The monoisotopic (exact) mass is 265 g/mol. The van der Waals surface area contributed by atoms with Crippen molar-refractivity contribution in [3.8, 4) is 0 Å². The Balaban J connectivity index is 0.000000637. The van der Waals surface area contributed by atoms with Crippen LogP contribution in [0.2, 0.25) is 0 Å². The second-order valence-electron chi connectivity index (χ2n) is 4.10. The van der Waals surface area contributed by atoms with Gasteiger partial charge in [0.2, 0.25) is 0 Å². The molecule has 0 spiro atoms. The summed E-state index contributed by atoms with van der Waals surface area (Å²) >= 11 is 0. The Labute approximate surface area is 109 Å². The molecule has 0 bridgehead atoms. The standard InChI is InChI=1S/C11H9NO5.C2H6/c13-8-1-2-12-7(8)3-5-6(10(12)15)4-17-11(16)9(5)14;1-2/h3,9,14H,1-2,4H2;1-2H3/t9-;/m0./s1. The van der Waals surface area contributed by atoms with Crippen molar-refractivity contribution in [2.24, 2.45) is 0 Å². The smallest absolute Gasteiger partial charge is 0.340 e. The van der Waals surface area contributed by atoms with Crippen LogP contribution in [0, 0.1) is 0 Å². The van der Waals surface area contributed by atoms with E-state index in [1.54, 1.807) is 0 Å². The number of aromatic nitrogens is 1. The minimum Gasteiger partial charge on any atom is -0.458 e. The van der Waals surface area contributed by atoms with Gasteiger partial charge in [0, 0.05) is 18.5 Å².